The van der Waals surface area contributed by atoms with Gasteiger partial charge in [0, 0.05) is 24.2 Å². The van der Waals surface area contributed by atoms with Gasteiger partial charge in [-0.3, -0.25) is 10.1 Å². The van der Waals surface area contributed by atoms with Gasteiger partial charge < -0.3 is 15.5 Å². The SMILES string of the molecule is CC(NC1CCCCNC1=O)c1ccc(O)cc1O. The molecule has 1 heterocycles. The van der Waals surface area contributed by atoms with Crippen molar-refractivity contribution in [2.24, 2.45) is 0 Å². The van der Waals surface area contributed by atoms with Crippen molar-refractivity contribution in [1.82, 2.24) is 10.6 Å². The summed E-state index contributed by atoms with van der Waals surface area (Å²) in [5.41, 5.74) is 0.676. The van der Waals surface area contributed by atoms with Gasteiger partial charge in [0.25, 0.3) is 0 Å². The van der Waals surface area contributed by atoms with Crippen molar-refractivity contribution >= 4 is 5.91 Å². The molecule has 2 rings (SSSR count). The number of phenols is 2. The van der Waals surface area contributed by atoms with Crippen molar-refractivity contribution in [3.05, 3.63) is 23.8 Å². The number of amides is 1. The molecule has 5 heteroatoms. The van der Waals surface area contributed by atoms with Crippen LogP contribution in [0.2, 0.25) is 0 Å². The normalized spacial score (nSPS) is 21.5. The number of hydrogen-bond acceptors (Lipinski definition) is 4. The standard InChI is InChI=1S/C14H20N2O3/c1-9(11-6-5-10(17)8-13(11)18)16-12-4-2-3-7-15-14(12)19/h5-6,8-9,12,16-18H,2-4,7H2,1H3,(H,15,19). The van der Waals surface area contributed by atoms with E-state index >= 15 is 0 Å². The molecule has 1 aromatic carbocycles. The fourth-order valence-electron chi connectivity index (χ4n) is 2.39. The van der Waals surface area contributed by atoms with Gasteiger partial charge >= 0.3 is 0 Å². The highest BCUT2D eigenvalue weighted by Crippen LogP contribution is 2.28. The molecule has 4 N–H and O–H groups in total. The van der Waals surface area contributed by atoms with Crippen LogP contribution in [-0.2, 0) is 4.79 Å². The van der Waals surface area contributed by atoms with E-state index in [0.29, 0.717) is 5.56 Å². The zero-order valence-corrected chi connectivity index (χ0v) is 11.0. The number of carbonyl (C=O) groups excluding carboxylic acids is 1. The third kappa shape index (κ3) is 3.38. The first-order valence-corrected chi connectivity index (χ1v) is 6.63. The topological polar surface area (TPSA) is 81.6 Å². The van der Waals surface area contributed by atoms with Gasteiger partial charge in [-0.2, -0.15) is 0 Å². The van der Waals surface area contributed by atoms with Crippen LogP contribution in [0, 0.1) is 0 Å². The van der Waals surface area contributed by atoms with E-state index in [4.69, 9.17) is 0 Å². The monoisotopic (exact) mass is 264 g/mol. The molecule has 0 aromatic heterocycles. The molecular formula is C14H20N2O3. The predicted octanol–water partition coefficient (Wildman–Crippen LogP) is 1.42. The third-order valence-corrected chi connectivity index (χ3v) is 3.47. The molecule has 2 unspecified atom stereocenters. The highest BCUT2D eigenvalue weighted by Gasteiger charge is 2.23. The van der Waals surface area contributed by atoms with Gasteiger partial charge in [-0.25, -0.2) is 0 Å². The average Bonchev–Trinajstić information content (AvgIpc) is 2.55. The van der Waals surface area contributed by atoms with Crippen LogP contribution in [0.15, 0.2) is 18.2 Å². The molecule has 0 spiro atoms. The lowest BCUT2D eigenvalue weighted by Crippen LogP contribution is -2.43. The lowest BCUT2D eigenvalue weighted by molar-refractivity contribution is -0.123. The Bertz CT molecular complexity index is 462. The van der Waals surface area contributed by atoms with Crippen molar-refractivity contribution in [3.8, 4) is 11.5 Å². The summed E-state index contributed by atoms with van der Waals surface area (Å²) in [6, 6.07) is 4.11. The highest BCUT2D eigenvalue weighted by molar-refractivity contribution is 5.82. The molecule has 1 fully saturated rings. The number of benzene rings is 1. The molecule has 1 amide bonds. The highest BCUT2D eigenvalue weighted by atomic mass is 16.3. The summed E-state index contributed by atoms with van der Waals surface area (Å²) >= 11 is 0. The second kappa shape index (κ2) is 5.93. The minimum atomic E-state index is -0.231. The summed E-state index contributed by atoms with van der Waals surface area (Å²) < 4.78 is 0. The molecule has 1 aliphatic rings. The fourth-order valence-corrected chi connectivity index (χ4v) is 2.39. The maximum absolute atomic E-state index is 11.8. The van der Waals surface area contributed by atoms with Crippen molar-refractivity contribution in [2.45, 2.75) is 38.3 Å². The summed E-state index contributed by atoms with van der Waals surface area (Å²) in [6.45, 7) is 2.63. The molecule has 1 saturated heterocycles. The second-order valence-corrected chi connectivity index (χ2v) is 4.97. The first kappa shape index (κ1) is 13.7. The zero-order valence-electron chi connectivity index (χ0n) is 11.0. The molecule has 0 bridgehead atoms. The summed E-state index contributed by atoms with van der Waals surface area (Å²) in [4.78, 5) is 11.8. The largest absolute Gasteiger partial charge is 0.508 e. The molecule has 2 atom stereocenters. The minimum Gasteiger partial charge on any atom is -0.508 e. The maximum atomic E-state index is 11.8. The van der Waals surface area contributed by atoms with E-state index in [-0.39, 0.29) is 29.5 Å². The van der Waals surface area contributed by atoms with Crippen LogP contribution >= 0.6 is 0 Å². The summed E-state index contributed by atoms with van der Waals surface area (Å²) in [5, 5.41) is 25.2. The van der Waals surface area contributed by atoms with Crippen LogP contribution in [0.5, 0.6) is 11.5 Å². The summed E-state index contributed by atoms with van der Waals surface area (Å²) in [7, 11) is 0. The van der Waals surface area contributed by atoms with Crippen LogP contribution < -0.4 is 10.6 Å². The van der Waals surface area contributed by atoms with Crippen molar-refractivity contribution in [3.63, 3.8) is 0 Å². The number of rotatable bonds is 3. The summed E-state index contributed by atoms with van der Waals surface area (Å²) in [5.74, 6) is 0.0808. The number of hydrogen-bond donors (Lipinski definition) is 4. The Balaban J connectivity index is 2.07. The van der Waals surface area contributed by atoms with Gasteiger partial charge in [0.15, 0.2) is 0 Å². The van der Waals surface area contributed by atoms with E-state index in [1.807, 2.05) is 6.92 Å². The molecule has 0 radical (unpaired) electrons. The number of aromatic hydroxyl groups is 2. The molecule has 0 saturated carbocycles. The van der Waals surface area contributed by atoms with Gasteiger partial charge in [-0.1, -0.05) is 6.07 Å². The Hall–Kier alpha value is -1.75. The molecule has 1 aliphatic heterocycles. The van der Waals surface area contributed by atoms with Crippen molar-refractivity contribution in [1.29, 1.82) is 0 Å². The molecule has 19 heavy (non-hydrogen) atoms. The van der Waals surface area contributed by atoms with Gasteiger partial charge in [0.1, 0.15) is 11.5 Å². The van der Waals surface area contributed by atoms with Crippen molar-refractivity contribution < 1.29 is 15.0 Å². The van der Waals surface area contributed by atoms with E-state index in [1.54, 1.807) is 6.07 Å². The first-order chi connectivity index (χ1) is 9.08. The lowest BCUT2D eigenvalue weighted by Gasteiger charge is -2.22. The van der Waals surface area contributed by atoms with Crippen LogP contribution in [0.25, 0.3) is 0 Å². The lowest BCUT2D eigenvalue weighted by atomic mass is 10.0. The molecular weight excluding hydrogens is 244 g/mol. The average molecular weight is 264 g/mol. The smallest absolute Gasteiger partial charge is 0.237 e. The first-order valence-electron chi connectivity index (χ1n) is 6.63. The van der Waals surface area contributed by atoms with Gasteiger partial charge in [0.05, 0.1) is 6.04 Å². The molecule has 0 aliphatic carbocycles. The molecule has 104 valence electrons. The predicted molar refractivity (Wildman–Crippen MR) is 72.0 cm³/mol. The molecule has 5 nitrogen and oxygen atoms in total. The van der Waals surface area contributed by atoms with Crippen LogP contribution in [0.1, 0.15) is 37.8 Å². The Labute approximate surface area is 112 Å². The minimum absolute atomic E-state index is 0.0163. The van der Waals surface area contributed by atoms with Crippen LogP contribution in [0.4, 0.5) is 0 Å². The Morgan fingerprint density at radius 2 is 2.16 bits per heavy atom. The van der Waals surface area contributed by atoms with E-state index in [1.165, 1.54) is 12.1 Å². The van der Waals surface area contributed by atoms with Crippen LogP contribution in [0.3, 0.4) is 0 Å². The van der Waals surface area contributed by atoms with Crippen LogP contribution in [-0.4, -0.2) is 28.7 Å². The third-order valence-electron chi connectivity index (χ3n) is 3.47. The Morgan fingerprint density at radius 3 is 2.89 bits per heavy atom. The zero-order chi connectivity index (χ0) is 13.8. The Morgan fingerprint density at radius 1 is 1.37 bits per heavy atom. The van der Waals surface area contributed by atoms with E-state index in [2.05, 4.69) is 10.6 Å². The maximum Gasteiger partial charge on any atom is 0.237 e. The number of nitrogens with one attached hydrogen (secondary N) is 2. The summed E-state index contributed by atoms with van der Waals surface area (Å²) in [6.07, 6.45) is 2.81. The number of carbonyl (C=O) groups is 1. The van der Waals surface area contributed by atoms with Crippen molar-refractivity contribution in [2.75, 3.05) is 6.54 Å². The van der Waals surface area contributed by atoms with E-state index in [0.717, 1.165) is 25.8 Å². The van der Waals surface area contributed by atoms with Gasteiger partial charge in [0.2, 0.25) is 5.91 Å². The molecule has 1 aromatic rings. The fraction of sp³-hybridized carbons (Fsp3) is 0.500. The quantitative estimate of drug-likeness (QED) is 0.665. The van der Waals surface area contributed by atoms with Gasteiger partial charge in [-0.05, 0) is 32.3 Å². The van der Waals surface area contributed by atoms with E-state index in [9.17, 15) is 15.0 Å². The van der Waals surface area contributed by atoms with Gasteiger partial charge in [-0.15, -0.1) is 0 Å². The second-order valence-electron chi connectivity index (χ2n) is 4.97. The van der Waals surface area contributed by atoms with E-state index < -0.39 is 0 Å². The number of phenolic OH excluding ortho intramolecular Hbond substituents is 2. The Kier molecular flexibility index (Phi) is 4.27.